The van der Waals surface area contributed by atoms with Crippen molar-refractivity contribution < 1.29 is 9.28 Å². The minimum atomic E-state index is 0.0541. The van der Waals surface area contributed by atoms with Gasteiger partial charge in [0.05, 0.1) is 25.8 Å². The van der Waals surface area contributed by atoms with E-state index in [2.05, 4.69) is 42.5 Å². The first-order chi connectivity index (χ1) is 9.64. The van der Waals surface area contributed by atoms with E-state index in [1.165, 1.54) is 12.8 Å². The first-order valence-corrected chi connectivity index (χ1v) is 7.91. The van der Waals surface area contributed by atoms with Crippen molar-refractivity contribution in [2.45, 2.75) is 52.6 Å². The van der Waals surface area contributed by atoms with Gasteiger partial charge in [0.15, 0.2) is 6.17 Å². The van der Waals surface area contributed by atoms with E-state index in [0.29, 0.717) is 6.17 Å². The summed E-state index contributed by atoms with van der Waals surface area (Å²) in [6.07, 6.45) is 11.6. The molecule has 1 heterocycles. The summed E-state index contributed by atoms with van der Waals surface area (Å²) in [6, 6.07) is 0. The lowest BCUT2D eigenvalue weighted by molar-refractivity contribution is -0.935. The number of quaternary nitrogens is 1. The van der Waals surface area contributed by atoms with Gasteiger partial charge in [-0.3, -0.25) is 9.28 Å². The molecule has 0 aromatic heterocycles. The molecule has 4 nitrogen and oxygen atoms in total. The second-order valence-electron chi connectivity index (χ2n) is 5.57. The number of nitrogens with zero attached hydrogens (tertiary/aromatic N) is 2. The van der Waals surface area contributed by atoms with E-state index in [1.807, 2.05) is 0 Å². The highest BCUT2D eigenvalue weighted by atomic mass is 16.1. The Kier molecular flexibility index (Phi) is 7.52. The zero-order valence-corrected chi connectivity index (χ0v) is 13.3. The van der Waals surface area contributed by atoms with Crippen LogP contribution in [0.4, 0.5) is 0 Å². The van der Waals surface area contributed by atoms with Gasteiger partial charge in [-0.15, -0.1) is 0 Å². The average molecular weight is 280 g/mol. The van der Waals surface area contributed by atoms with E-state index in [0.717, 1.165) is 43.5 Å². The fourth-order valence-corrected chi connectivity index (χ4v) is 2.78. The predicted molar refractivity (Wildman–Crippen MR) is 84.8 cm³/mol. The van der Waals surface area contributed by atoms with Crippen molar-refractivity contribution >= 4 is 12.1 Å². The number of carbonyl (C=O) groups excluding carboxylic acids is 1. The van der Waals surface area contributed by atoms with Gasteiger partial charge < -0.3 is 5.32 Å². The molecular weight excluding hydrogens is 250 g/mol. The van der Waals surface area contributed by atoms with E-state index in [4.69, 9.17) is 0 Å². The Balaban J connectivity index is 2.45. The van der Waals surface area contributed by atoms with Crippen molar-refractivity contribution in [2.75, 3.05) is 26.2 Å². The number of likely N-dealkylation sites (N-methyl/N-ethyl adjacent to an activating group) is 1. The van der Waals surface area contributed by atoms with Gasteiger partial charge in [-0.1, -0.05) is 25.5 Å². The van der Waals surface area contributed by atoms with Crippen LogP contribution < -0.4 is 5.32 Å². The van der Waals surface area contributed by atoms with Crippen LogP contribution in [0.25, 0.3) is 0 Å². The van der Waals surface area contributed by atoms with Gasteiger partial charge in [0.2, 0.25) is 5.91 Å². The topological polar surface area (TPSA) is 41.5 Å². The average Bonchev–Trinajstić information content (AvgIpc) is 2.82. The molecule has 0 spiro atoms. The van der Waals surface area contributed by atoms with Crippen LogP contribution in [0.2, 0.25) is 0 Å². The maximum absolute atomic E-state index is 11.0. The Morgan fingerprint density at radius 1 is 1.40 bits per heavy atom. The summed E-state index contributed by atoms with van der Waals surface area (Å²) < 4.78 is 0.988. The van der Waals surface area contributed by atoms with Crippen molar-refractivity contribution in [1.82, 2.24) is 5.32 Å². The van der Waals surface area contributed by atoms with Crippen LogP contribution in [0, 0.1) is 0 Å². The molecule has 0 aromatic carbocycles. The lowest BCUT2D eigenvalue weighted by Gasteiger charge is -2.38. The van der Waals surface area contributed by atoms with Crippen molar-refractivity contribution in [1.29, 1.82) is 0 Å². The van der Waals surface area contributed by atoms with Crippen LogP contribution in [0.5, 0.6) is 0 Å². The van der Waals surface area contributed by atoms with Crippen molar-refractivity contribution in [3.05, 3.63) is 12.2 Å². The zero-order valence-electron chi connectivity index (χ0n) is 13.3. The number of amides is 1. The van der Waals surface area contributed by atoms with Crippen molar-refractivity contribution in [3.8, 4) is 0 Å². The van der Waals surface area contributed by atoms with E-state index in [-0.39, 0.29) is 5.91 Å². The van der Waals surface area contributed by atoms with Gasteiger partial charge in [-0.05, 0) is 19.8 Å². The molecule has 0 bridgehead atoms. The first-order valence-electron chi connectivity index (χ1n) is 7.91. The third kappa shape index (κ3) is 5.08. The Morgan fingerprint density at radius 2 is 2.15 bits per heavy atom. The summed E-state index contributed by atoms with van der Waals surface area (Å²) in [5, 5.41) is 2.91. The van der Waals surface area contributed by atoms with Gasteiger partial charge in [-0.25, -0.2) is 4.99 Å². The molecule has 0 aliphatic carbocycles. The predicted octanol–water partition coefficient (Wildman–Crippen LogP) is 2.51. The fourth-order valence-electron chi connectivity index (χ4n) is 2.78. The maximum atomic E-state index is 11.0. The SMILES string of the molecule is CCC/C=C/CCC1N=CC[N+]1(CC)CCNC(C)=O. The van der Waals surface area contributed by atoms with Gasteiger partial charge in [0.25, 0.3) is 0 Å². The van der Waals surface area contributed by atoms with Crippen LogP contribution in [-0.4, -0.2) is 48.9 Å². The van der Waals surface area contributed by atoms with Gasteiger partial charge in [0.1, 0.15) is 6.54 Å². The van der Waals surface area contributed by atoms with E-state index < -0.39 is 0 Å². The van der Waals surface area contributed by atoms with Crippen LogP contribution >= 0.6 is 0 Å². The maximum Gasteiger partial charge on any atom is 0.217 e. The van der Waals surface area contributed by atoms with Crippen LogP contribution in [-0.2, 0) is 4.79 Å². The van der Waals surface area contributed by atoms with E-state index in [1.54, 1.807) is 6.92 Å². The number of carbonyl (C=O) groups is 1. The normalized spacial score (nSPS) is 25.4. The molecule has 4 heteroatoms. The number of hydrogen-bond donors (Lipinski definition) is 1. The summed E-state index contributed by atoms with van der Waals surface area (Å²) in [5.74, 6) is 0.0541. The molecule has 1 aliphatic rings. The lowest BCUT2D eigenvalue weighted by atomic mass is 10.1. The summed E-state index contributed by atoms with van der Waals surface area (Å²) in [7, 11) is 0. The Bertz CT molecular complexity index is 352. The van der Waals surface area contributed by atoms with Crippen LogP contribution in [0.1, 0.15) is 46.5 Å². The molecule has 1 N–H and O–H groups in total. The molecular formula is C16H30N3O+. The molecule has 0 saturated heterocycles. The summed E-state index contributed by atoms with van der Waals surface area (Å²) in [6.45, 7) is 9.79. The second kappa shape index (κ2) is 8.90. The molecule has 1 rings (SSSR count). The van der Waals surface area contributed by atoms with Crippen LogP contribution in [0.15, 0.2) is 17.1 Å². The first kappa shape index (κ1) is 16.9. The highest BCUT2D eigenvalue weighted by Gasteiger charge is 2.37. The second-order valence-corrected chi connectivity index (χ2v) is 5.57. The molecule has 1 aliphatic heterocycles. The van der Waals surface area contributed by atoms with Crippen molar-refractivity contribution in [3.63, 3.8) is 0 Å². The van der Waals surface area contributed by atoms with E-state index >= 15 is 0 Å². The molecule has 0 saturated carbocycles. The quantitative estimate of drug-likeness (QED) is 0.512. The molecule has 0 radical (unpaired) electrons. The largest absolute Gasteiger partial charge is 0.351 e. The number of hydrogen-bond acceptors (Lipinski definition) is 2. The number of unbranched alkanes of at least 4 members (excludes halogenated alkanes) is 1. The minimum Gasteiger partial charge on any atom is -0.351 e. The smallest absolute Gasteiger partial charge is 0.217 e. The summed E-state index contributed by atoms with van der Waals surface area (Å²) in [4.78, 5) is 15.7. The Labute approximate surface area is 123 Å². The highest BCUT2D eigenvalue weighted by molar-refractivity contribution is 5.72. The number of nitrogens with one attached hydrogen (secondary N) is 1. The molecule has 1 amide bonds. The third-order valence-electron chi connectivity index (χ3n) is 4.13. The molecule has 2 unspecified atom stereocenters. The molecule has 20 heavy (non-hydrogen) atoms. The molecule has 0 aromatic rings. The summed E-state index contributed by atoms with van der Waals surface area (Å²) >= 11 is 0. The number of aliphatic imine (C=N–C) groups is 1. The molecule has 0 fully saturated rings. The monoisotopic (exact) mass is 280 g/mol. The van der Waals surface area contributed by atoms with Gasteiger partial charge >= 0.3 is 0 Å². The Morgan fingerprint density at radius 3 is 2.80 bits per heavy atom. The number of rotatable bonds is 9. The zero-order chi connectivity index (χ0) is 14.8. The standard InChI is InChI=1S/C16H29N3O/c1-4-6-7-8-9-10-16-18-12-14-19(16,5-2)13-11-17-15(3)20/h7-8,12,16H,4-6,9-11,13-14H2,1-3H3/p+1/b8-7+. The number of allylic oxidation sites excluding steroid dienone is 2. The third-order valence-corrected chi connectivity index (χ3v) is 4.13. The molecule has 2 atom stereocenters. The Hall–Kier alpha value is -1.16. The van der Waals surface area contributed by atoms with Crippen LogP contribution in [0.3, 0.4) is 0 Å². The van der Waals surface area contributed by atoms with Crippen molar-refractivity contribution in [2.24, 2.45) is 4.99 Å². The lowest BCUT2D eigenvalue weighted by Crippen LogP contribution is -2.55. The molecule has 114 valence electrons. The van der Waals surface area contributed by atoms with Gasteiger partial charge in [-0.2, -0.15) is 0 Å². The minimum absolute atomic E-state index is 0.0541. The van der Waals surface area contributed by atoms with Gasteiger partial charge in [0, 0.05) is 13.3 Å². The highest BCUT2D eigenvalue weighted by Crippen LogP contribution is 2.22. The fraction of sp³-hybridized carbons (Fsp3) is 0.750. The van der Waals surface area contributed by atoms with E-state index in [9.17, 15) is 4.79 Å². The summed E-state index contributed by atoms with van der Waals surface area (Å²) in [5.41, 5.74) is 0.